The third-order valence-electron chi connectivity index (χ3n) is 2.73. The van der Waals surface area contributed by atoms with E-state index >= 15 is 0 Å². The van der Waals surface area contributed by atoms with Gasteiger partial charge in [0, 0.05) is 18.5 Å². The minimum Gasteiger partial charge on any atom is -0.481 e. The molecule has 0 fully saturated rings. The Morgan fingerprint density at radius 1 is 1.13 bits per heavy atom. The van der Waals surface area contributed by atoms with E-state index < -0.39 is 5.97 Å². The smallest absolute Gasteiger partial charge is 0.303 e. The Bertz CT molecular complexity index is 182. The molecule has 0 rings (SSSR count). The predicted octanol–water partition coefficient (Wildman–Crippen LogP) is 2.61. The van der Waals surface area contributed by atoms with Crippen molar-refractivity contribution in [2.75, 3.05) is 6.54 Å². The lowest BCUT2D eigenvalue weighted by Gasteiger charge is -2.31. The highest BCUT2D eigenvalue weighted by Gasteiger charge is 2.15. The van der Waals surface area contributed by atoms with Crippen molar-refractivity contribution in [3.05, 3.63) is 0 Å². The van der Waals surface area contributed by atoms with E-state index in [1.807, 2.05) is 6.92 Å². The molecule has 3 heteroatoms. The van der Waals surface area contributed by atoms with Gasteiger partial charge in [-0.1, -0.05) is 6.92 Å². The molecule has 1 N–H and O–H groups in total. The van der Waals surface area contributed by atoms with Crippen molar-refractivity contribution in [2.24, 2.45) is 5.92 Å². The van der Waals surface area contributed by atoms with Gasteiger partial charge in [-0.25, -0.2) is 0 Å². The second kappa shape index (κ2) is 6.83. The summed E-state index contributed by atoms with van der Waals surface area (Å²) >= 11 is 0. The Morgan fingerprint density at radius 3 is 1.93 bits per heavy atom. The van der Waals surface area contributed by atoms with E-state index in [4.69, 9.17) is 5.11 Å². The number of carboxylic acids is 1. The van der Waals surface area contributed by atoms with Crippen LogP contribution in [0.1, 0.15) is 47.5 Å². The van der Waals surface area contributed by atoms with E-state index in [9.17, 15) is 4.79 Å². The van der Waals surface area contributed by atoms with Gasteiger partial charge in [-0.05, 0) is 46.6 Å². The number of hydrogen-bond acceptors (Lipinski definition) is 2. The number of nitrogens with zero attached hydrogens (tertiary/aromatic N) is 1. The average Bonchev–Trinajstić information content (AvgIpc) is 2.00. The monoisotopic (exact) mass is 215 g/mol. The van der Waals surface area contributed by atoms with Crippen LogP contribution < -0.4 is 0 Å². The van der Waals surface area contributed by atoms with Crippen LogP contribution in [0, 0.1) is 5.92 Å². The first kappa shape index (κ1) is 14.4. The van der Waals surface area contributed by atoms with Gasteiger partial charge >= 0.3 is 5.97 Å². The van der Waals surface area contributed by atoms with Crippen LogP contribution >= 0.6 is 0 Å². The lowest BCUT2D eigenvalue weighted by molar-refractivity contribution is -0.138. The third kappa shape index (κ3) is 6.50. The first-order chi connectivity index (χ1) is 6.84. The molecule has 0 aromatic heterocycles. The molecule has 0 saturated carbocycles. The highest BCUT2D eigenvalue weighted by atomic mass is 16.4. The van der Waals surface area contributed by atoms with Crippen LogP contribution in [0.4, 0.5) is 0 Å². The number of hydrogen-bond donors (Lipinski definition) is 1. The fourth-order valence-corrected chi connectivity index (χ4v) is 1.88. The van der Waals surface area contributed by atoms with E-state index in [-0.39, 0.29) is 12.3 Å². The van der Waals surface area contributed by atoms with E-state index in [0.717, 1.165) is 13.0 Å². The van der Waals surface area contributed by atoms with Crippen molar-refractivity contribution in [2.45, 2.75) is 59.5 Å². The zero-order valence-electron chi connectivity index (χ0n) is 10.7. The summed E-state index contributed by atoms with van der Waals surface area (Å²) in [6.45, 7) is 11.7. The van der Waals surface area contributed by atoms with Crippen LogP contribution in [-0.2, 0) is 4.79 Å². The maximum absolute atomic E-state index is 10.5. The minimum atomic E-state index is -0.692. The fourth-order valence-electron chi connectivity index (χ4n) is 1.88. The summed E-state index contributed by atoms with van der Waals surface area (Å²) < 4.78 is 0. The summed E-state index contributed by atoms with van der Waals surface area (Å²) in [5.74, 6) is -0.425. The molecule has 0 bridgehead atoms. The summed E-state index contributed by atoms with van der Waals surface area (Å²) in [6.07, 6.45) is 1.24. The highest BCUT2D eigenvalue weighted by Crippen LogP contribution is 2.12. The highest BCUT2D eigenvalue weighted by molar-refractivity contribution is 5.66. The van der Waals surface area contributed by atoms with Gasteiger partial charge < -0.3 is 5.11 Å². The van der Waals surface area contributed by atoms with Crippen molar-refractivity contribution in [1.82, 2.24) is 4.90 Å². The molecule has 0 saturated heterocycles. The van der Waals surface area contributed by atoms with Crippen LogP contribution in [0.5, 0.6) is 0 Å². The van der Waals surface area contributed by atoms with E-state index in [0.29, 0.717) is 12.1 Å². The van der Waals surface area contributed by atoms with Crippen LogP contribution in [0.25, 0.3) is 0 Å². The Balaban J connectivity index is 3.94. The second-order valence-corrected chi connectivity index (χ2v) is 4.92. The number of aliphatic carboxylic acids is 1. The van der Waals surface area contributed by atoms with Crippen molar-refractivity contribution in [1.29, 1.82) is 0 Å². The van der Waals surface area contributed by atoms with Gasteiger partial charge in [-0.15, -0.1) is 0 Å². The van der Waals surface area contributed by atoms with Gasteiger partial charge in [0.15, 0.2) is 0 Å². The normalized spacial score (nSPS) is 13.9. The van der Waals surface area contributed by atoms with Crippen molar-refractivity contribution < 1.29 is 9.90 Å². The van der Waals surface area contributed by atoms with Crippen LogP contribution in [-0.4, -0.2) is 34.6 Å². The maximum atomic E-state index is 10.5. The van der Waals surface area contributed by atoms with Gasteiger partial charge in [0.05, 0.1) is 0 Å². The molecule has 15 heavy (non-hydrogen) atoms. The zero-order chi connectivity index (χ0) is 12.0. The molecule has 0 aromatic carbocycles. The molecule has 0 aromatic rings. The molecule has 1 unspecified atom stereocenters. The van der Waals surface area contributed by atoms with Crippen molar-refractivity contribution >= 4 is 5.97 Å². The van der Waals surface area contributed by atoms with E-state index in [1.165, 1.54) is 0 Å². The molecule has 3 nitrogen and oxygen atoms in total. The maximum Gasteiger partial charge on any atom is 0.303 e. The molecule has 90 valence electrons. The standard InChI is InChI=1S/C12H25NO2/c1-9(2)13(10(3)4)7-6-11(5)8-12(14)15/h9-11H,6-8H2,1-5H3,(H,14,15). The summed E-state index contributed by atoms with van der Waals surface area (Å²) in [6, 6.07) is 1.06. The quantitative estimate of drug-likeness (QED) is 0.709. The van der Waals surface area contributed by atoms with Crippen molar-refractivity contribution in [3.8, 4) is 0 Å². The lowest BCUT2D eigenvalue weighted by Crippen LogP contribution is -2.38. The Kier molecular flexibility index (Phi) is 6.57. The predicted molar refractivity (Wildman–Crippen MR) is 63.0 cm³/mol. The molecule has 0 aliphatic rings. The molecular formula is C12H25NO2. The minimum absolute atomic E-state index is 0.266. The summed E-state index contributed by atoms with van der Waals surface area (Å²) in [7, 11) is 0. The molecular weight excluding hydrogens is 190 g/mol. The first-order valence-corrected chi connectivity index (χ1v) is 5.82. The van der Waals surface area contributed by atoms with Crippen LogP contribution in [0.3, 0.4) is 0 Å². The molecule has 0 aliphatic heterocycles. The second-order valence-electron chi connectivity index (χ2n) is 4.92. The van der Waals surface area contributed by atoms with Crippen LogP contribution in [0.2, 0.25) is 0 Å². The largest absolute Gasteiger partial charge is 0.481 e. The molecule has 0 aliphatic carbocycles. The van der Waals surface area contributed by atoms with Gasteiger partial charge in [-0.3, -0.25) is 9.69 Å². The number of rotatable bonds is 7. The lowest BCUT2D eigenvalue weighted by atomic mass is 10.0. The molecule has 0 heterocycles. The number of carbonyl (C=O) groups is 1. The van der Waals surface area contributed by atoms with Gasteiger partial charge in [0.25, 0.3) is 0 Å². The fraction of sp³-hybridized carbons (Fsp3) is 0.917. The molecule has 1 atom stereocenters. The molecule has 0 spiro atoms. The third-order valence-corrected chi connectivity index (χ3v) is 2.73. The average molecular weight is 215 g/mol. The summed E-state index contributed by atoms with van der Waals surface area (Å²) in [4.78, 5) is 12.9. The zero-order valence-corrected chi connectivity index (χ0v) is 10.7. The van der Waals surface area contributed by atoms with Crippen LogP contribution in [0.15, 0.2) is 0 Å². The Hall–Kier alpha value is -0.570. The Labute approximate surface area is 93.5 Å². The molecule has 0 amide bonds. The van der Waals surface area contributed by atoms with E-state index in [1.54, 1.807) is 0 Å². The van der Waals surface area contributed by atoms with E-state index in [2.05, 4.69) is 32.6 Å². The van der Waals surface area contributed by atoms with Gasteiger partial charge in [-0.2, -0.15) is 0 Å². The number of carboxylic acid groups (broad SMARTS) is 1. The summed E-state index contributed by atoms with van der Waals surface area (Å²) in [5, 5.41) is 8.65. The van der Waals surface area contributed by atoms with Crippen molar-refractivity contribution in [3.63, 3.8) is 0 Å². The summed E-state index contributed by atoms with van der Waals surface area (Å²) in [5.41, 5.74) is 0. The Morgan fingerprint density at radius 2 is 1.60 bits per heavy atom. The topological polar surface area (TPSA) is 40.5 Å². The molecule has 0 radical (unpaired) electrons. The SMILES string of the molecule is CC(CCN(C(C)C)C(C)C)CC(=O)O. The van der Waals surface area contributed by atoms with Gasteiger partial charge in [0.1, 0.15) is 0 Å². The van der Waals surface area contributed by atoms with Gasteiger partial charge in [0.2, 0.25) is 0 Å². The first-order valence-electron chi connectivity index (χ1n) is 5.82.